The van der Waals surface area contributed by atoms with Crippen LogP contribution in [0.1, 0.15) is 26.2 Å². The zero-order chi connectivity index (χ0) is 11.7. The van der Waals surface area contributed by atoms with E-state index in [1.54, 1.807) is 0 Å². The number of carbonyl (C=O) groups excluding carboxylic acids is 1. The van der Waals surface area contributed by atoms with Crippen LogP contribution in [0, 0.1) is 0 Å². The Hall–Kier alpha value is -0.650. The summed E-state index contributed by atoms with van der Waals surface area (Å²) in [6, 6.07) is -0.431. The Morgan fingerprint density at radius 2 is 2.00 bits per heavy atom. The number of nitrogens with two attached hydrogens (primary N) is 1. The molecule has 0 aromatic carbocycles. The first-order valence-corrected chi connectivity index (χ1v) is 5.24. The number of methoxy groups -OCH3 is 2. The number of hydrogen-bond acceptors (Lipinski definition) is 4. The summed E-state index contributed by atoms with van der Waals surface area (Å²) in [6.45, 7) is 2.39. The van der Waals surface area contributed by atoms with Crippen molar-refractivity contribution < 1.29 is 14.3 Å². The summed E-state index contributed by atoms with van der Waals surface area (Å²) in [5.41, 5.74) is 5.68. The van der Waals surface area contributed by atoms with Crippen molar-refractivity contribution in [3.8, 4) is 0 Å². The Kier molecular flexibility index (Phi) is 8.27. The third-order valence-electron chi connectivity index (χ3n) is 2.17. The number of rotatable bonds is 8. The number of amides is 1. The van der Waals surface area contributed by atoms with E-state index in [0.29, 0.717) is 13.0 Å². The van der Waals surface area contributed by atoms with Crippen LogP contribution in [0.4, 0.5) is 0 Å². The molecule has 1 atom stereocenters. The van der Waals surface area contributed by atoms with Gasteiger partial charge in [0.25, 0.3) is 0 Å². The molecule has 0 spiro atoms. The number of hydrogen-bond donors (Lipinski definition) is 2. The molecule has 0 bridgehead atoms. The molecule has 0 saturated carbocycles. The topological polar surface area (TPSA) is 73.6 Å². The second kappa shape index (κ2) is 8.64. The van der Waals surface area contributed by atoms with Crippen molar-refractivity contribution in [1.82, 2.24) is 5.32 Å². The third kappa shape index (κ3) is 6.43. The Bertz CT molecular complexity index is 172. The molecule has 15 heavy (non-hydrogen) atoms. The summed E-state index contributed by atoms with van der Waals surface area (Å²) in [5, 5.41) is 2.68. The molecule has 0 aliphatic heterocycles. The van der Waals surface area contributed by atoms with Gasteiger partial charge in [0.2, 0.25) is 5.91 Å². The lowest BCUT2D eigenvalue weighted by molar-refractivity contribution is -0.128. The first-order chi connectivity index (χ1) is 7.15. The second-order valence-electron chi connectivity index (χ2n) is 3.39. The van der Waals surface area contributed by atoms with Gasteiger partial charge in [0.05, 0.1) is 12.6 Å². The molecule has 0 radical (unpaired) electrons. The van der Waals surface area contributed by atoms with E-state index in [-0.39, 0.29) is 5.91 Å². The fraction of sp³-hybridized carbons (Fsp3) is 0.900. The normalized spacial score (nSPS) is 12.9. The van der Waals surface area contributed by atoms with Gasteiger partial charge in [-0.15, -0.1) is 0 Å². The molecule has 90 valence electrons. The van der Waals surface area contributed by atoms with Crippen LogP contribution in [-0.4, -0.2) is 39.0 Å². The summed E-state index contributed by atoms with van der Waals surface area (Å²) in [4.78, 5) is 11.4. The van der Waals surface area contributed by atoms with E-state index in [0.717, 1.165) is 12.8 Å². The lowest BCUT2D eigenvalue weighted by Gasteiger charge is -2.16. The standard InChI is InChI=1S/C10H22N2O3/c1-4-5-6-8(11)10(13)12-7-9(14-2)15-3/h8-9H,4-7,11H2,1-3H3,(H,12,13). The van der Waals surface area contributed by atoms with Crippen LogP contribution in [0.25, 0.3) is 0 Å². The summed E-state index contributed by atoms with van der Waals surface area (Å²) in [7, 11) is 3.05. The Balaban J connectivity index is 3.71. The van der Waals surface area contributed by atoms with Crippen molar-refractivity contribution in [2.24, 2.45) is 5.73 Å². The molecule has 1 amide bonds. The minimum atomic E-state index is -0.431. The van der Waals surface area contributed by atoms with Gasteiger partial charge >= 0.3 is 0 Å². The molecule has 5 nitrogen and oxygen atoms in total. The Labute approximate surface area is 91.3 Å². The molecule has 0 heterocycles. The highest BCUT2D eigenvalue weighted by atomic mass is 16.7. The van der Waals surface area contributed by atoms with Crippen molar-refractivity contribution in [1.29, 1.82) is 0 Å². The third-order valence-corrected chi connectivity index (χ3v) is 2.17. The van der Waals surface area contributed by atoms with E-state index < -0.39 is 12.3 Å². The van der Waals surface area contributed by atoms with Crippen LogP contribution >= 0.6 is 0 Å². The van der Waals surface area contributed by atoms with Gasteiger partial charge in [-0.2, -0.15) is 0 Å². The van der Waals surface area contributed by atoms with E-state index in [1.807, 2.05) is 0 Å². The Morgan fingerprint density at radius 3 is 2.47 bits per heavy atom. The van der Waals surface area contributed by atoms with Crippen LogP contribution in [0.2, 0.25) is 0 Å². The lowest BCUT2D eigenvalue weighted by atomic mass is 10.1. The number of ether oxygens (including phenoxy) is 2. The maximum absolute atomic E-state index is 11.4. The predicted molar refractivity (Wildman–Crippen MR) is 58.3 cm³/mol. The molecule has 1 unspecified atom stereocenters. The number of nitrogens with one attached hydrogen (secondary N) is 1. The number of carbonyl (C=O) groups is 1. The molecule has 0 aromatic heterocycles. The van der Waals surface area contributed by atoms with Gasteiger partial charge in [0.1, 0.15) is 0 Å². The molecule has 0 fully saturated rings. The lowest BCUT2D eigenvalue weighted by Crippen LogP contribution is -2.44. The summed E-state index contributed by atoms with van der Waals surface area (Å²) >= 11 is 0. The summed E-state index contributed by atoms with van der Waals surface area (Å²) in [6.07, 6.45) is 2.31. The highest BCUT2D eigenvalue weighted by Crippen LogP contribution is 1.98. The molecule has 3 N–H and O–H groups in total. The van der Waals surface area contributed by atoms with Crippen LogP contribution < -0.4 is 11.1 Å². The maximum Gasteiger partial charge on any atom is 0.237 e. The zero-order valence-electron chi connectivity index (χ0n) is 9.79. The molecule has 0 aliphatic rings. The minimum absolute atomic E-state index is 0.150. The highest BCUT2D eigenvalue weighted by molar-refractivity contribution is 5.81. The van der Waals surface area contributed by atoms with Gasteiger partial charge in [0.15, 0.2) is 6.29 Å². The largest absolute Gasteiger partial charge is 0.354 e. The van der Waals surface area contributed by atoms with Crippen molar-refractivity contribution in [3.63, 3.8) is 0 Å². The van der Waals surface area contributed by atoms with Crippen LogP contribution in [0.5, 0.6) is 0 Å². The number of unbranched alkanes of at least 4 members (excludes halogenated alkanes) is 1. The van der Waals surface area contributed by atoms with Crippen LogP contribution in [0.15, 0.2) is 0 Å². The smallest absolute Gasteiger partial charge is 0.237 e. The fourth-order valence-corrected chi connectivity index (χ4v) is 1.13. The first-order valence-electron chi connectivity index (χ1n) is 5.24. The fourth-order valence-electron chi connectivity index (χ4n) is 1.13. The van der Waals surface area contributed by atoms with E-state index in [4.69, 9.17) is 15.2 Å². The molecule has 0 rings (SSSR count). The van der Waals surface area contributed by atoms with Crippen LogP contribution in [0.3, 0.4) is 0 Å². The van der Waals surface area contributed by atoms with Gasteiger partial charge in [-0.05, 0) is 6.42 Å². The molecule has 0 saturated heterocycles. The van der Waals surface area contributed by atoms with Gasteiger partial charge in [-0.3, -0.25) is 4.79 Å². The maximum atomic E-state index is 11.4. The van der Waals surface area contributed by atoms with E-state index in [1.165, 1.54) is 14.2 Å². The van der Waals surface area contributed by atoms with Crippen molar-refractivity contribution in [2.45, 2.75) is 38.5 Å². The Morgan fingerprint density at radius 1 is 1.40 bits per heavy atom. The van der Waals surface area contributed by atoms with E-state index in [2.05, 4.69) is 12.2 Å². The van der Waals surface area contributed by atoms with Crippen molar-refractivity contribution in [3.05, 3.63) is 0 Å². The van der Waals surface area contributed by atoms with Gasteiger partial charge in [0, 0.05) is 14.2 Å². The average molecular weight is 218 g/mol. The van der Waals surface area contributed by atoms with Gasteiger partial charge in [-0.25, -0.2) is 0 Å². The summed E-state index contributed by atoms with van der Waals surface area (Å²) < 4.78 is 9.87. The molecule has 5 heteroatoms. The minimum Gasteiger partial charge on any atom is -0.354 e. The first kappa shape index (κ1) is 14.3. The van der Waals surface area contributed by atoms with Crippen molar-refractivity contribution in [2.75, 3.05) is 20.8 Å². The zero-order valence-corrected chi connectivity index (χ0v) is 9.79. The molecule has 0 aromatic rings. The predicted octanol–water partition coefficient (Wildman–Crippen LogP) is 0.239. The monoisotopic (exact) mass is 218 g/mol. The second-order valence-corrected chi connectivity index (χ2v) is 3.39. The summed E-state index contributed by atoms with van der Waals surface area (Å²) in [5.74, 6) is -0.150. The van der Waals surface area contributed by atoms with Crippen molar-refractivity contribution >= 4 is 5.91 Å². The SMILES string of the molecule is CCCCC(N)C(=O)NCC(OC)OC. The van der Waals surface area contributed by atoms with E-state index >= 15 is 0 Å². The average Bonchev–Trinajstić information content (AvgIpc) is 2.26. The van der Waals surface area contributed by atoms with Crippen LogP contribution in [-0.2, 0) is 14.3 Å². The molecule has 0 aliphatic carbocycles. The van der Waals surface area contributed by atoms with Gasteiger partial charge < -0.3 is 20.5 Å². The molecular weight excluding hydrogens is 196 g/mol. The highest BCUT2D eigenvalue weighted by Gasteiger charge is 2.14. The molecular formula is C10H22N2O3. The quantitative estimate of drug-likeness (QED) is 0.572. The van der Waals surface area contributed by atoms with Gasteiger partial charge in [-0.1, -0.05) is 19.8 Å². The van der Waals surface area contributed by atoms with E-state index in [9.17, 15) is 4.79 Å².